The van der Waals surface area contributed by atoms with Crippen LogP contribution in [0.25, 0.3) is 0 Å². The van der Waals surface area contributed by atoms with Crippen LogP contribution in [0, 0.1) is 5.82 Å². The Hall–Kier alpha value is -1.07. The van der Waals surface area contributed by atoms with Crippen molar-refractivity contribution in [2.24, 2.45) is 0 Å². The van der Waals surface area contributed by atoms with E-state index in [1.165, 1.54) is 17.0 Å². The van der Waals surface area contributed by atoms with Crippen molar-refractivity contribution < 1.29 is 4.39 Å². The number of halogens is 1. The van der Waals surface area contributed by atoms with Gasteiger partial charge in [0.1, 0.15) is 5.82 Å². The first-order valence-electron chi connectivity index (χ1n) is 5.85. The molecule has 1 aromatic heterocycles. The van der Waals surface area contributed by atoms with Gasteiger partial charge in [-0.25, -0.2) is 9.37 Å². The molecule has 0 aliphatic heterocycles. The van der Waals surface area contributed by atoms with Crippen LogP contribution in [0.1, 0.15) is 18.2 Å². The van der Waals surface area contributed by atoms with Crippen LogP contribution in [-0.4, -0.2) is 11.5 Å². The molecule has 96 valence electrons. The summed E-state index contributed by atoms with van der Waals surface area (Å²) in [5.41, 5.74) is 0. The average molecular weight is 282 g/mol. The molecule has 0 bridgehead atoms. The predicted octanol–water partition coefficient (Wildman–Crippen LogP) is 4.40. The molecule has 0 saturated heterocycles. The fourth-order valence-corrected chi connectivity index (χ4v) is 3.13. The summed E-state index contributed by atoms with van der Waals surface area (Å²) in [4.78, 5) is 6.62. The predicted molar refractivity (Wildman–Crippen MR) is 76.9 cm³/mol. The Morgan fingerprint density at radius 3 is 2.83 bits per heavy atom. The second-order valence-electron chi connectivity index (χ2n) is 3.80. The third-order valence-corrected chi connectivity index (χ3v) is 4.47. The second-order valence-corrected chi connectivity index (χ2v) is 5.97. The number of nitrogens with zero attached hydrogens (tertiary/aromatic N) is 1. The summed E-state index contributed by atoms with van der Waals surface area (Å²) in [6, 6.07) is 6.58. The molecule has 1 N–H and O–H groups in total. The first kappa shape index (κ1) is 13.4. The Morgan fingerprint density at radius 1 is 1.33 bits per heavy atom. The lowest BCUT2D eigenvalue weighted by Gasteiger charge is -1.99. The first-order chi connectivity index (χ1) is 8.78. The van der Waals surface area contributed by atoms with Crippen molar-refractivity contribution in [1.29, 1.82) is 0 Å². The van der Waals surface area contributed by atoms with E-state index in [1.54, 1.807) is 35.2 Å². The molecule has 0 aliphatic rings. The molecule has 0 spiro atoms. The molecule has 0 radical (unpaired) electrons. The molecule has 5 heteroatoms. The fraction of sp³-hybridized carbons (Fsp3) is 0.308. The summed E-state index contributed by atoms with van der Waals surface area (Å²) in [5.74, 6) is 0.681. The van der Waals surface area contributed by atoms with Crippen molar-refractivity contribution in [3.05, 3.63) is 41.2 Å². The van der Waals surface area contributed by atoms with E-state index in [4.69, 9.17) is 0 Å². The van der Waals surface area contributed by atoms with Gasteiger partial charge >= 0.3 is 0 Å². The van der Waals surface area contributed by atoms with Crippen LogP contribution in [0.15, 0.2) is 35.4 Å². The molecule has 2 aromatic rings. The Balaban J connectivity index is 1.86. The fourth-order valence-electron chi connectivity index (χ4n) is 1.37. The van der Waals surface area contributed by atoms with Crippen LogP contribution < -0.4 is 5.32 Å². The lowest BCUT2D eigenvalue weighted by atomic mass is 10.4. The van der Waals surface area contributed by atoms with E-state index >= 15 is 0 Å². The summed E-state index contributed by atoms with van der Waals surface area (Å²) in [6.07, 6.45) is 3.00. The molecule has 0 atom stereocenters. The zero-order chi connectivity index (χ0) is 12.8. The monoisotopic (exact) mass is 282 g/mol. The van der Waals surface area contributed by atoms with Gasteiger partial charge in [0, 0.05) is 28.3 Å². The highest BCUT2D eigenvalue weighted by Crippen LogP contribution is 2.27. The van der Waals surface area contributed by atoms with Gasteiger partial charge in [-0.2, -0.15) is 0 Å². The Morgan fingerprint density at radius 2 is 2.11 bits per heavy atom. The SMILES string of the molecule is CCCNc1ncc(CSc2ccc(F)cc2)s1. The maximum atomic E-state index is 12.7. The van der Waals surface area contributed by atoms with Crippen LogP contribution >= 0.6 is 23.1 Å². The highest BCUT2D eigenvalue weighted by atomic mass is 32.2. The number of aromatic nitrogens is 1. The van der Waals surface area contributed by atoms with Gasteiger partial charge in [-0.05, 0) is 30.7 Å². The minimum atomic E-state index is -0.191. The van der Waals surface area contributed by atoms with Crippen LogP contribution in [0.2, 0.25) is 0 Å². The average Bonchev–Trinajstić information content (AvgIpc) is 2.84. The van der Waals surface area contributed by atoms with Crippen molar-refractivity contribution >= 4 is 28.2 Å². The van der Waals surface area contributed by atoms with Gasteiger partial charge in [0.2, 0.25) is 0 Å². The van der Waals surface area contributed by atoms with Crippen molar-refractivity contribution in [3.63, 3.8) is 0 Å². The molecule has 1 heterocycles. The summed E-state index contributed by atoms with van der Waals surface area (Å²) < 4.78 is 12.7. The number of anilines is 1. The molecule has 0 fully saturated rings. The normalized spacial score (nSPS) is 10.6. The number of rotatable bonds is 6. The number of hydrogen-bond donors (Lipinski definition) is 1. The lowest BCUT2D eigenvalue weighted by Crippen LogP contribution is -1.97. The molecule has 0 amide bonds. The summed E-state index contributed by atoms with van der Waals surface area (Å²) in [6.45, 7) is 3.09. The number of nitrogens with one attached hydrogen (secondary N) is 1. The highest BCUT2D eigenvalue weighted by molar-refractivity contribution is 7.98. The van der Waals surface area contributed by atoms with Crippen molar-refractivity contribution in [2.75, 3.05) is 11.9 Å². The smallest absolute Gasteiger partial charge is 0.182 e. The summed E-state index contributed by atoms with van der Waals surface area (Å²) in [5, 5.41) is 4.25. The largest absolute Gasteiger partial charge is 0.362 e. The standard InChI is InChI=1S/C13H15FN2S2/c1-2-7-15-13-16-8-12(18-13)9-17-11-5-3-10(14)4-6-11/h3-6,8H,2,7,9H2,1H3,(H,15,16). The van der Waals surface area contributed by atoms with Gasteiger partial charge in [0.15, 0.2) is 5.13 Å². The zero-order valence-corrected chi connectivity index (χ0v) is 11.8. The van der Waals surface area contributed by atoms with E-state index in [2.05, 4.69) is 17.2 Å². The zero-order valence-electron chi connectivity index (χ0n) is 10.1. The number of benzene rings is 1. The molecule has 0 saturated carbocycles. The topological polar surface area (TPSA) is 24.9 Å². The maximum absolute atomic E-state index is 12.7. The molecular weight excluding hydrogens is 267 g/mol. The van der Waals surface area contributed by atoms with Crippen LogP contribution in [0.5, 0.6) is 0 Å². The summed E-state index contributed by atoms with van der Waals surface area (Å²) >= 11 is 3.37. The van der Waals surface area contributed by atoms with Crippen LogP contribution in [-0.2, 0) is 5.75 Å². The van der Waals surface area contributed by atoms with Gasteiger partial charge < -0.3 is 5.32 Å². The number of hydrogen-bond acceptors (Lipinski definition) is 4. The number of thiazole rings is 1. The van der Waals surface area contributed by atoms with Gasteiger partial charge in [-0.1, -0.05) is 6.92 Å². The van der Waals surface area contributed by atoms with E-state index in [-0.39, 0.29) is 5.82 Å². The molecule has 2 nitrogen and oxygen atoms in total. The molecule has 0 unspecified atom stereocenters. The molecule has 1 aromatic carbocycles. The van der Waals surface area contributed by atoms with Crippen molar-refractivity contribution in [2.45, 2.75) is 24.0 Å². The van der Waals surface area contributed by atoms with Crippen molar-refractivity contribution in [3.8, 4) is 0 Å². The van der Waals surface area contributed by atoms with E-state index in [0.29, 0.717) is 0 Å². The minimum Gasteiger partial charge on any atom is -0.362 e. The second kappa shape index (κ2) is 6.75. The Labute approximate surface area is 115 Å². The molecule has 2 rings (SSSR count). The van der Waals surface area contributed by atoms with E-state index < -0.39 is 0 Å². The Bertz CT molecular complexity index is 482. The van der Waals surface area contributed by atoms with Crippen LogP contribution in [0.3, 0.4) is 0 Å². The van der Waals surface area contributed by atoms with E-state index in [0.717, 1.165) is 28.7 Å². The van der Waals surface area contributed by atoms with Gasteiger partial charge in [-0.15, -0.1) is 23.1 Å². The van der Waals surface area contributed by atoms with Crippen LogP contribution in [0.4, 0.5) is 9.52 Å². The third-order valence-electron chi connectivity index (χ3n) is 2.27. The molecular formula is C13H15FN2S2. The van der Waals surface area contributed by atoms with Gasteiger partial charge in [0.25, 0.3) is 0 Å². The van der Waals surface area contributed by atoms with Gasteiger partial charge in [-0.3, -0.25) is 0 Å². The lowest BCUT2D eigenvalue weighted by molar-refractivity contribution is 0.626. The maximum Gasteiger partial charge on any atom is 0.182 e. The first-order valence-corrected chi connectivity index (χ1v) is 7.65. The minimum absolute atomic E-state index is 0.191. The Kier molecular flexibility index (Phi) is 5.01. The quantitative estimate of drug-likeness (QED) is 0.795. The van der Waals surface area contributed by atoms with E-state index in [9.17, 15) is 4.39 Å². The highest BCUT2D eigenvalue weighted by Gasteiger charge is 2.02. The van der Waals surface area contributed by atoms with Gasteiger partial charge in [0.05, 0.1) is 0 Å². The summed E-state index contributed by atoms with van der Waals surface area (Å²) in [7, 11) is 0. The number of thioether (sulfide) groups is 1. The third kappa shape index (κ3) is 3.99. The van der Waals surface area contributed by atoms with Crippen molar-refractivity contribution in [1.82, 2.24) is 4.98 Å². The molecule has 0 aliphatic carbocycles. The molecule has 18 heavy (non-hydrogen) atoms. The van der Waals surface area contributed by atoms with E-state index in [1.807, 2.05) is 6.20 Å².